The lowest BCUT2D eigenvalue weighted by Gasteiger charge is -2.06. The summed E-state index contributed by atoms with van der Waals surface area (Å²) in [7, 11) is 0. The summed E-state index contributed by atoms with van der Waals surface area (Å²) in [6, 6.07) is 9.18. The van der Waals surface area contributed by atoms with Gasteiger partial charge < -0.3 is 0 Å². The predicted octanol–water partition coefficient (Wildman–Crippen LogP) is 4.15. The second-order valence-electron chi connectivity index (χ2n) is 4.88. The van der Waals surface area contributed by atoms with E-state index < -0.39 is 0 Å². The van der Waals surface area contributed by atoms with Crippen molar-refractivity contribution in [2.75, 3.05) is 0 Å². The zero-order valence-electron chi connectivity index (χ0n) is 9.29. The van der Waals surface area contributed by atoms with Crippen LogP contribution in [-0.4, -0.2) is 0 Å². The van der Waals surface area contributed by atoms with Gasteiger partial charge in [0.15, 0.2) is 0 Å². The number of benzene rings is 1. The number of hydrogen-bond acceptors (Lipinski definition) is 0. The van der Waals surface area contributed by atoms with Crippen molar-refractivity contribution in [1.29, 1.82) is 0 Å². The second-order valence-corrected chi connectivity index (χ2v) is 4.88. The molecule has 0 nitrogen and oxygen atoms in total. The van der Waals surface area contributed by atoms with Gasteiger partial charge in [0.1, 0.15) is 0 Å². The van der Waals surface area contributed by atoms with E-state index in [-0.39, 0.29) is 0 Å². The molecule has 0 heteroatoms. The maximum atomic E-state index is 2.30. The monoisotopic (exact) mass is 188 g/mol. The molecule has 2 rings (SSSR count). The molecule has 14 heavy (non-hydrogen) atoms. The summed E-state index contributed by atoms with van der Waals surface area (Å²) in [5.74, 6) is 1.72. The summed E-state index contributed by atoms with van der Waals surface area (Å²) in [6.45, 7) is 4.50. The molecular weight excluding hydrogens is 168 g/mol. The van der Waals surface area contributed by atoms with Crippen LogP contribution >= 0.6 is 0 Å². The van der Waals surface area contributed by atoms with Crippen LogP contribution in [0.1, 0.15) is 50.2 Å². The van der Waals surface area contributed by atoms with Crippen molar-refractivity contribution >= 4 is 0 Å². The first kappa shape index (κ1) is 9.76. The first-order valence-corrected chi connectivity index (χ1v) is 5.84. The molecule has 1 aromatic carbocycles. The zero-order chi connectivity index (χ0) is 9.97. The van der Waals surface area contributed by atoms with Crippen LogP contribution in [0.25, 0.3) is 0 Å². The molecule has 0 amide bonds. The van der Waals surface area contributed by atoms with Gasteiger partial charge in [0.25, 0.3) is 0 Å². The van der Waals surface area contributed by atoms with E-state index in [4.69, 9.17) is 0 Å². The average Bonchev–Trinajstić information content (AvgIpc) is 2.99. The van der Waals surface area contributed by atoms with Crippen LogP contribution in [0.15, 0.2) is 24.3 Å². The smallest absolute Gasteiger partial charge is 0.0219 e. The Morgan fingerprint density at radius 1 is 1.14 bits per heavy atom. The van der Waals surface area contributed by atoms with E-state index in [2.05, 4.69) is 38.1 Å². The molecule has 0 spiro atoms. The topological polar surface area (TPSA) is 0 Å². The summed E-state index contributed by atoms with van der Waals surface area (Å²) in [5, 5.41) is 0. The Morgan fingerprint density at radius 2 is 1.79 bits per heavy atom. The Morgan fingerprint density at radius 3 is 2.29 bits per heavy atom. The molecule has 0 aliphatic heterocycles. The van der Waals surface area contributed by atoms with E-state index in [0.717, 1.165) is 5.92 Å². The highest BCUT2D eigenvalue weighted by Gasteiger charge is 2.20. The van der Waals surface area contributed by atoms with Gasteiger partial charge in [-0.05, 0) is 35.8 Å². The van der Waals surface area contributed by atoms with Crippen molar-refractivity contribution < 1.29 is 0 Å². The molecule has 0 radical (unpaired) electrons. The summed E-state index contributed by atoms with van der Waals surface area (Å²) < 4.78 is 0. The largest absolute Gasteiger partial charge is 0.0588 e. The summed E-state index contributed by atoms with van der Waals surface area (Å²) >= 11 is 0. The third-order valence-electron chi connectivity index (χ3n) is 3.18. The van der Waals surface area contributed by atoms with E-state index >= 15 is 0 Å². The molecule has 0 N–H and O–H groups in total. The van der Waals surface area contributed by atoms with Gasteiger partial charge in [0, 0.05) is 0 Å². The van der Waals surface area contributed by atoms with E-state index in [1.165, 1.54) is 36.8 Å². The van der Waals surface area contributed by atoms with E-state index in [0.29, 0.717) is 5.92 Å². The molecule has 1 aromatic rings. The standard InChI is InChI=1S/C14H20/c1-11(2)14-9-7-13(8-10-14)6-5-12-3-4-12/h7-12H,3-6H2,1-2H3. The molecule has 0 saturated heterocycles. The molecule has 1 saturated carbocycles. The fourth-order valence-corrected chi connectivity index (χ4v) is 1.85. The maximum absolute atomic E-state index is 2.30. The first-order valence-electron chi connectivity index (χ1n) is 5.84. The normalized spacial score (nSPS) is 16.2. The third kappa shape index (κ3) is 2.60. The van der Waals surface area contributed by atoms with E-state index in [1.807, 2.05) is 0 Å². The molecule has 0 bridgehead atoms. The Kier molecular flexibility index (Phi) is 2.90. The van der Waals surface area contributed by atoms with Crippen LogP contribution in [0.5, 0.6) is 0 Å². The van der Waals surface area contributed by atoms with Gasteiger partial charge >= 0.3 is 0 Å². The Balaban J connectivity index is 1.91. The van der Waals surface area contributed by atoms with Crippen molar-refractivity contribution in [3.8, 4) is 0 Å². The summed E-state index contributed by atoms with van der Waals surface area (Å²) in [4.78, 5) is 0. The highest BCUT2D eigenvalue weighted by Crippen LogP contribution is 2.33. The number of hydrogen-bond donors (Lipinski definition) is 0. The summed E-state index contributed by atoms with van der Waals surface area (Å²) in [5.41, 5.74) is 2.97. The Hall–Kier alpha value is -0.780. The van der Waals surface area contributed by atoms with Crippen molar-refractivity contribution in [3.05, 3.63) is 35.4 Å². The molecule has 0 aromatic heterocycles. The first-order chi connectivity index (χ1) is 6.75. The second kappa shape index (κ2) is 4.16. The highest BCUT2D eigenvalue weighted by molar-refractivity contribution is 5.24. The fraction of sp³-hybridized carbons (Fsp3) is 0.571. The molecule has 1 aliphatic rings. The molecule has 1 aliphatic carbocycles. The Labute approximate surface area is 87.3 Å². The molecular formula is C14H20. The molecule has 1 fully saturated rings. The third-order valence-corrected chi connectivity index (χ3v) is 3.18. The van der Waals surface area contributed by atoms with E-state index in [9.17, 15) is 0 Å². The minimum absolute atomic E-state index is 0.660. The van der Waals surface area contributed by atoms with Gasteiger partial charge in [0.2, 0.25) is 0 Å². The lowest BCUT2D eigenvalue weighted by atomic mass is 10.00. The number of aryl methyl sites for hydroxylation is 1. The maximum Gasteiger partial charge on any atom is -0.0219 e. The van der Waals surface area contributed by atoms with Gasteiger partial charge in [-0.2, -0.15) is 0 Å². The van der Waals surface area contributed by atoms with Crippen LogP contribution < -0.4 is 0 Å². The van der Waals surface area contributed by atoms with Crippen molar-refractivity contribution in [1.82, 2.24) is 0 Å². The molecule has 0 atom stereocenters. The van der Waals surface area contributed by atoms with E-state index in [1.54, 1.807) is 0 Å². The fourth-order valence-electron chi connectivity index (χ4n) is 1.85. The average molecular weight is 188 g/mol. The van der Waals surface area contributed by atoms with Crippen LogP contribution in [-0.2, 0) is 6.42 Å². The van der Waals surface area contributed by atoms with Crippen LogP contribution in [0, 0.1) is 5.92 Å². The minimum Gasteiger partial charge on any atom is -0.0588 e. The van der Waals surface area contributed by atoms with Gasteiger partial charge in [0.05, 0.1) is 0 Å². The van der Waals surface area contributed by atoms with Crippen molar-refractivity contribution in [2.24, 2.45) is 5.92 Å². The van der Waals surface area contributed by atoms with Crippen LogP contribution in [0.3, 0.4) is 0 Å². The lowest BCUT2D eigenvalue weighted by Crippen LogP contribution is -1.90. The van der Waals surface area contributed by atoms with Gasteiger partial charge in [-0.15, -0.1) is 0 Å². The Bertz CT molecular complexity index is 277. The number of rotatable bonds is 4. The van der Waals surface area contributed by atoms with Gasteiger partial charge in [-0.1, -0.05) is 51.0 Å². The quantitative estimate of drug-likeness (QED) is 0.665. The zero-order valence-corrected chi connectivity index (χ0v) is 9.29. The molecule has 0 unspecified atom stereocenters. The van der Waals surface area contributed by atoms with Crippen molar-refractivity contribution in [2.45, 2.75) is 45.4 Å². The van der Waals surface area contributed by atoms with Gasteiger partial charge in [-0.25, -0.2) is 0 Å². The van der Waals surface area contributed by atoms with Crippen molar-refractivity contribution in [3.63, 3.8) is 0 Å². The lowest BCUT2D eigenvalue weighted by molar-refractivity contribution is 0.726. The highest BCUT2D eigenvalue weighted by atomic mass is 14.3. The predicted molar refractivity (Wildman–Crippen MR) is 61.6 cm³/mol. The van der Waals surface area contributed by atoms with Gasteiger partial charge in [-0.3, -0.25) is 0 Å². The molecule has 76 valence electrons. The molecule has 0 heterocycles. The van der Waals surface area contributed by atoms with Crippen LogP contribution in [0.2, 0.25) is 0 Å². The summed E-state index contributed by atoms with van der Waals surface area (Å²) in [6.07, 6.45) is 5.64. The SMILES string of the molecule is CC(C)c1ccc(CCC2CC2)cc1. The minimum atomic E-state index is 0.660. The van der Waals surface area contributed by atoms with Crippen LogP contribution in [0.4, 0.5) is 0 Å².